The molecule has 2 heterocycles. The van der Waals surface area contributed by atoms with Crippen LogP contribution >= 0.6 is 0 Å². The molecule has 0 aliphatic carbocycles. The van der Waals surface area contributed by atoms with Gasteiger partial charge in [-0.15, -0.1) is 4.68 Å². The molecule has 7 heteroatoms. The molecular weight excluding hydrogens is 356 g/mol. The first-order valence-electron chi connectivity index (χ1n) is 8.97. The smallest absolute Gasteiger partial charge is 0.350 e. The molecule has 0 aliphatic rings. The molecule has 0 amide bonds. The summed E-state index contributed by atoms with van der Waals surface area (Å²) < 4.78 is 6.18. The van der Waals surface area contributed by atoms with E-state index in [1.54, 1.807) is 13.2 Å². The molecular formula is C21H20N4O3. The first-order chi connectivity index (χ1) is 13.5. The number of aromatic nitrogens is 3. The van der Waals surface area contributed by atoms with Crippen molar-refractivity contribution >= 4 is 28.2 Å². The van der Waals surface area contributed by atoms with Crippen LogP contribution in [0.1, 0.15) is 30.9 Å². The number of benzene rings is 2. The van der Waals surface area contributed by atoms with E-state index in [9.17, 15) is 9.59 Å². The highest BCUT2D eigenvalue weighted by atomic mass is 16.5. The van der Waals surface area contributed by atoms with Gasteiger partial charge in [0, 0.05) is 0 Å². The number of hydrogen-bond donors (Lipinski definition) is 2. The zero-order chi connectivity index (χ0) is 19.8. The van der Waals surface area contributed by atoms with E-state index in [0.29, 0.717) is 28.1 Å². The summed E-state index contributed by atoms with van der Waals surface area (Å²) in [5.74, 6) is 1.00. The molecule has 0 bridgehead atoms. The van der Waals surface area contributed by atoms with Crippen LogP contribution in [0.4, 0.5) is 0 Å². The van der Waals surface area contributed by atoms with E-state index in [1.165, 1.54) is 11.8 Å². The molecule has 0 saturated heterocycles. The molecule has 0 radical (unpaired) electrons. The van der Waals surface area contributed by atoms with Crippen LogP contribution in [-0.4, -0.2) is 28.0 Å². The topological polar surface area (TPSA) is 92.2 Å². The van der Waals surface area contributed by atoms with Gasteiger partial charge in [-0.25, -0.2) is 4.79 Å². The van der Waals surface area contributed by atoms with Crippen molar-refractivity contribution in [2.75, 3.05) is 7.11 Å². The van der Waals surface area contributed by atoms with E-state index in [2.05, 4.69) is 28.9 Å². The van der Waals surface area contributed by atoms with Crippen LogP contribution in [0, 0.1) is 0 Å². The molecule has 2 aromatic carbocycles. The zero-order valence-corrected chi connectivity index (χ0v) is 15.8. The number of hydrogen-bond acceptors (Lipinski definition) is 4. The largest absolute Gasteiger partial charge is 0.496 e. The molecule has 2 aromatic heterocycles. The van der Waals surface area contributed by atoms with Crippen molar-refractivity contribution in [3.63, 3.8) is 0 Å². The number of ether oxygens (including phenoxy) is 1. The van der Waals surface area contributed by atoms with Gasteiger partial charge in [-0.05, 0) is 29.2 Å². The van der Waals surface area contributed by atoms with Gasteiger partial charge in [0.1, 0.15) is 11.3 Å². The third-order valence-corrected chi connectivity index (χ3v) is 4.76. The van der Waals surface area contributed by atoms with Gasteiger partial charge in [-0.1, -0.05) is 44.2 Å². The normalized spacial score (nSPS) is 11.9. The van der Waals surface area contributed by atoms with E-state index in [0.717, 1.165) is 10.2 Å². The zero-order valence-electron chi connectivity index (χ0n) is 15.8. The Morgan fingerprint density at radius 2 is 1.79 bits per heavy atom. The second-order valence-electron chi connectivity index (χ2n) is 6.87. The van der Waals surface area contributed by atoms with Gasteiger partial charge in [0.25, 0.3) is 0 Å². The Morgan fingerprint density at radius 3 is 2.46 bits per heavy atom. The molecule has 4 rings (SSSR count). The lowest BCUT2D eigenvalue weighted by atomic mass is 10.0. The van der Waals surface area contributed by atoms with Gasteiger partial charge in [-0.3, -0.25) is 4.79 Å². The average molecular weight is 376 g/mol. The van der Waals surface area contributed by atoms with Gasteiger partial charge in [0.15, 0.2) is 0 Å². The van der Waals surface area contributed by atoms with E-state index >= 15 is 0 Å². The third kappa shape index (κ3) is 2.90. The lowest BCUT2D eigenvalue weighted by Crippen LogP contribution is -2.32. The molecule has 7 nitrogen and oxygen atoms in total. The molecule has 142 valence electrons. The van der Waals surface area contributed by atoms with Gasteiger partial charge >= 0.3 is 11.2 Å². The quantitative estimate of drug-likeness (QED) is 0.536. The molecule has 0 spiro atoms. The molecule has 2 N–H and O–H groups in total. The molecule has 0 atom stereocenters. The van der Waals surface area contributed by atoms with Crippen LogP contribution in [0.15, 0.2) is 57.2 Å². The first-order valence-corrected chi connectivity index (χ1v) is 8.97. The molecule has 0 aliphatic heterocycles. The SMILES string of the molecule is COc1cccc2[nH]c3c(=O)n(/N=C\c4ccc(C(C)C)cc4)c(=O)[nH]c3c12. The van der Waals surface area contributed by atoms with Crippen molar-refractivity contribution in [3.8, 4) is 5.75 Å². The number of methoxy groups -OCH3 is 1. The van der Waals surface area contributed by atoms with Gasteiger partial charge in [0.2, 0.25) is 0 Å². The lowest BCUT2D eigenvalue weighted by Gasteiger charge is -2.04. The summed E-state index contributed by atoms with van der Waals surface area (Å²) in [5, 5.41) is 4.76. The van der Waals surface area contributed by atoms with Crippen LogP contribution in [0.3, 0.4) is 0 Å². The summed E-state index contributed by atoms with van der Waals surface area (Å²) in [4.78, 5) is 31.1. The number of H-pyrrole nitrogens is 2. The van der Waals surface area contributed by atoms with Crippen LogP contribution in [0.25, 0.3) is 21.9 Å². The van der Waals surface area contributed by atoms with E-state index < -0.39 is 11.2 Å². The van der Waals surface area contributed by atoms with Crippen LogP contribution in [0.5, 0.6) is 5.75 Å². The van der Waals surface area contributed by atoms with Crippen LogP contribution in [-0.2, 0) is 0 Å². The number of aromatic amines is 2. The van der Waals surface area contributed by atoms with E-state index in [-0.39, 0.29) is 5.52 Å². The second-order valence-corrected chi connectivity index (χ2v) is 6.87. The van der Waals surface area contributed by atoms with Crippen molar-refractivity contribution in [2.24, 2.45) is 5.10 Å². The van der Waals surface area contributed by atoms with Crippen molar-refractivity contribution in [1.82, 2.24) is 14.6 Å². The summed E-state index contributed by atoms with van der Waals surface area (Å²) in [6, 6.07) is 13.2. The maximum atomic E-state index is 12.8. The highest BCUT2D eigenvalue weighted by Crippen LogP contribution is 2.29. The maximum absolute atomic E-state index is 12.8. The highest BCUT2D eigenvalue weighted by molar-refractivity contribution is 6.07. The molecule has 4 aromatic rings. The van der Waals surface area contributed by atoms with Crippen LogP contribution < -0.4 is 16.0 Å². The molecule has 28 heavy (non-hydrogen) atoms. The van der Waals surface area contributed by atoms with Crippen molar-refractivity contribution < 1.29 is 4.74 Å². The number of nitrogens with zero attached hydrogens (tertiary/aromatic N) is 2. The Balaban J connectivity index is 1.83. The second kappa shape index (κ2) is 6.84. The Morgan fingerprint density at radius 1 is 1.04 bits per heavy atom. The van der Waals surface area contributed by atoms with Crippen molar-refractivity contribution in [1.29, 1.82) is 0 Å². The Labute approximate surface area is 160 Å². The van der Waals surface area contributed by atoms with Gasteiger partial charge in [0.05, 0.1) is 29.7 Å². The fourth-order valence-corrected chi connectivity index (χ4v) is 3.23. The highest BCUT2D eigenvalue weighted by Gasteiger charge is 2.15. The van der Waals surface area contributed by atoms with E-state index in [1.807, 2.05) is 36.4 Å². The molecule has 0 unspecified atom stereocenters. The minimum Gasteiger partial charge on any atom is -0.496 e. The summed E-state index contributed by atoms with van der Waals surface area (Å²) >= 11 is 0. The summed E-state index contributed by atoms with van der Waals surface area (Å²) in [5.41, 5.74) is 2.26. The number of fused-ring (bicyclic) bond motifs is 3. The Hall–Kier alpha value is -3.61. The Bertz CT molecular complexity index is 1310. The minimum atomic E-state index is -0.612. The summed E-state index contributed by atoms with van der Waals surface area (Å²) in [6.45, 7) is 4.24. The lowest BCUT2D eigenvalue weighted by molar-refractivity contribution is 0.420. The standard InChI is InChI=1S/C21H20N4O3/c1-12(2)14-9-7-13(8-10-14)11-22-25-20(26)19-18(24-21(25)27)17-15(23-19)5-4-6-16(17)28-3/h4-12,23H,1-3H3,(H,24,27)/b22-11-. The van der Waals surface area contributed by atoms with Crippen molar-refractivity contribution in [2.45, 2.75) is 19.8 Å². The van der Waals surface area contributed by atoms with Crippen molar-refractivity contribution in [3.05, 3.63) is 74.4 Å². The fourth-order valence-electron chi connectivity index (χ4n) is 3.23. The number of nitrogens with one attached hydrogen (secondary N) is 2. The fraction of sp³-hybridized carbons (Fsp3) is 0.190. The number of rotatable bonds is 4. The molecule has 0 saturated carbocycles. The predicted molar refractivity (Wildman–Crippen MR) is 111 cm³/mol. The summed E-state index contributed by atoms with van der Waals surface area (Å²) in [7, 11) is 1.54. The predicted octanol–water partition coefficient (Wildman–Crippen LogP) is 3.19. The van der Waals surface area contributed by atoms with Crippen LogP contribution in [0.2, 0.25) is 0 Å². The first kappa shape index (κ1) is 17.8. The third-order valence-electron chi connectivity index (χ3n) is 4.76. The minimum absolute atomic E-state index is 0.270. The van der Waals surface area contributed by atoms with E-state index in [4.69, 9.17) is 4.74 Å². The van der Waals surface area contributed by atoms with Gasteiger partial charge < -0.3 is 14.7 Å². The molecule has 0 fully saturated rings. The Kier molecular flexibility index (Phi) is 4.35. The average Bonchev–Trinajstić information content (AvgIpc) is 3.07. The van der Waals surface area contributed by atoms with Gasteiger partial charge in [-0.2, -0.15) is 5.10 Å². The maximum Gasteiger partial charge on any atom is 0.350 e. The monoisotopic (exact) mass is 376 g/mol. The summed E-state index contributed by atoms with van der Waals surface area (Å²) in [6.07, 6.45) is 1.50.